The Morgan fingerprint density at radius 1 is 1.50 bits per heavy atom. The third-order valence-electron chi connectivity index (χ3n) is 1.95. The van der Waals surface area contributed by atoms with Crippen LogP contribution >= 0.6 is 0 Å². The Morgan fingerprint density at radius 3 is 2.75 bits per heavy atom. The zero-order valence-electron chi connectivity index (χ0n) is 7.89. The van der Waals surface area contributed by atoms with E-state index in [0.29, 0.717) is 6.10 Å². The summed E-state index contributed by atoms with van der Waals surface area (Å²) in [4.78, 5) is 0. The first-order valence-electron chi connectivity index (χ1n) is 4.38. The fourth-order valence-electron chi connectivity index (χ4n) is 1.30. The van der Waals surface area contributed by atoms with Crippen LogP contribution in [0.15, 0.2) is 0 Å². The van der Waals surface area contributed by atoms with Gasteiger partial charge in [0.25, 0.3) is 0 Å². The molecule has 0 aliphatic carbocycles. The van der Waals surface area contributed by atoms with Gasteiger partial charge in [-0.2, -0.15) is 0 Å². The molecule has 0 unspecified atom stereocenters. The molecule has 12 heavy (non-hydrogen) atoms. The first-order chi connectivity index (χ1) is 4.93. The van der Waals surface area contributed by atoms with E-state index in [9.17, 15) is 0 Å². The maximum Gasteiger partial charge on any atom is 1.00 e. The number of hydrogen-bond acceptors (Lipinski definition) is 1. The molecule has 3 heteroatoms. The minimum Gasteiger partial charge on any atom is -1.00 e. The Morgan fingerprint density at radius 2 is 2.25 bits per heavy atom. The number of unbranched alkanes of at least 4 members (excludes halogenated alkanes) is 2. The van der Waals surface area contributed by atoms with Crippen LogP contribution < -0.4 is 12.4 Å². The van der Waals surface area contributed by atoms with Crippen molar-refractivity contribution in [1.82, 2.24) is 0 Å². The molecule has 0 aromatic rings. The van der Waals surface area contributed by atoms with Gasteiger partial charge in [-0.1, -0.05) is 19.8 Å². The molecule has 1 saturated heterocycles. The van der Waals surface area contributed by atoms with Crippen LogP contribution in [0.5, 0.6) is 0 Å². The molecular formula is C9H17ClHgO. The van der Waals surface area contributed by atoms with Crippen molar-refractivity contribution >= 4 is 0 Å². The molecule has 1 aliphatic heterocycles. The third kappa shape index (κ3) is 6.67. The largest absolute Gasteiger partial charge is 1.00 e. The molecular weight excluding hydrogens is 360 g/mol. The molecule has 0 aromatic heterocycles. The van der Waals surface area contributed by atoms with Gasteiger partial charge in [-0.25, -0.2) is 0 Å². The average molecular weight is 377 g/mol. The number of halogens is 1. The van der Waals surface area contributed by atoms with Crippen LogP contribution in [0.3, 0.4) is 0 Å². The molecule has 1 atom stereocenters. The van der Waals surface area contributed by atoms with Gasteiger partial charge >= 0.3 is 27.7 Å². The van der Waals surface area contributed by atoms with Crippen LogP contribution in [0.25, 0.3) is 0 Å². The molecule has 1 fully saturated rings. The topological polar surface area (TPSA) is 9.23 Å². The molecule has 2 radical (unpaired) electrons. The van der Waals surface area contributed by atoms with E-state index in [1.807, 2.05) is 0 Å². The second-order valence-corrected chi connectivity index (χ2v) is 2.93. The van der Waals surface area contributed by atoms with E-state index in [2.05, 4.69) is 13.3 Å². The molecule has 0 spiro atoms. The van der Waals surface area contributed by atoms with E-state index in [4.69, 9.17) is 4.74 Å². The fraction of sp³-hybridized carbons (Fsp3) is 0.889. The number of hydrogen-bond donors (Lipinski definition) is 0. The zero-order chi connectivity index (χ0) is 7.23. The minimum atomic E-state index is 0. The summed E-state index contributed by atoms with van der Waals surface area (Å²) in [5, 5.41) is 0. The molecule has 0 aromatic carbocycles. The Hall–Kier alpha value is 1.19. The van der Waals surface area contributed by atoms with Crippen LogP contribution in [0.2, 0.25) is 0 Å². The van der Waals surface area contributed by atoms with Gasteiger partial charge in [-0.15, -0.1) is 0 Å². The Kier molecular flexibility index (Phi) is 13.4. The maximum atomic E-state index is 5.44. The van der Waals surface area contributed by atoms with Crippen molar-refractivity contribution in [3.05, 3.63) is 6.42 Å². The molecule has 1 aliphatic rings. The summed E-state index contributed by atoms with van der Waals surface area (Å²) in [6.07, 6.45) is 9.18. The van der Waals surface area contributed by atoms with Gasteiger partial charge in [0, 0.05) is 6.61 Å². The monoisotopic (exact) mass is 378 g/mol. The molecule has 0 saturated carbocycles. The van der Waals surface area contributed by atoms with Gasteiger partial charge in [0.1, 0.15) is 0 Å². The van der Waals surface area contributed by atoms with Crippen molar-refractivity contribution in [2.75, 3.05) is 6.61 Å². The Labute approximate surface area is 103 Å². The fourth-order valence-corrected chi connectivity index (χ4v) is 1.30. The molecule has 0 bridgehead atoms. The van der Waals surface area contributed by atoms with Crippen LogP contribution in [0.4, 0.5) is 0 Å². The SMILES string of the molecule is CCCC[CH][C@@H]1CCCO1.[Cl-].[Hg+]. The standard InChI is InChI=1S/C9H17O.ClH.Hg/c1-2-3-4-6-9-7-5-8-10-9;;/h6,9H,2-5,7-8H2,1H3;1H;/q;;+1/p-1/t9-;;/m1../s1. The summed E-state index contributed by atoms with van der Waals surface area (Å²) >= 11 is 0. The van der Waals surface area contributed by atoms with E-state index in [1.54, 1.807) is 0 Å². The van der Waals surface area contributed by atoms with E-state index in [1.165, 1.54) is 32.1 Å². The van der Waals surface area contributed by atoms with Gasteiger partial charge < -0.3 is 17.1 Å². The summed E-state index contributed by atoms with van der Waals surface area (Å²) in [5.74, 6) is 0. The van der Waals surface area contributed by atoms with Crippen LogP contribution in [-0.2, 0) is 32.4 Å². The van der Waals surface area contributed by atoms with Gasteiger partial charge in [0.05, 0.1) is 6.10 Å². The smallest absolute Gasteiger partial charge is 1.00 e. The summed E-state index contributed by atoms with van der Waals surface area (Å²) in [5.41, 5.74) is 0. The second kappa shape index (κ2) is 10.3. The van der Waals surface area contributed by atoms with Crippen molar-refractivity contribution in [3.8, 4) is 0 Å². The van der Waals surface area contributed by atoms with Gasteiger partial charge in [-0.05, 0) is 25.7 Å². The number of ether oxygens (including phenoxy) is 1. The van der Waals surface area contributed by atoms with E-state index in [0.717, 1.165) is 6.61 Å². The third-order valence-corrected chi connectivity index (χ3v) is 1.95. The second-order valence-electron chi connectivity index (χ2n) is 2.93. The Bertz CT molecular complexity index is 84.6. The first kappa shape index (κ1) is 15.6. The van der Waals surface area contributed by atoms with Gasteiger partial charge in [-0.3, -0.25) is 0 Å². The predicted octanol–water partition coefficient (Wildman–Crippen LogP) is -0.439. The van der Waals surface area contributed by atoms with Crippen molar-refractivity contribution in [2.24, 2.45) is 0 Å². The van der Waals surface area contributed by atoms with Crippen LogP contribution in [0.1, 0.15) is 39.0 Å². The van der Waals surface area contributed by atoms with Crippen LogP contribution in [0, 0.1) is 6.42 Å². The molecule has 0 amide bonds. The first-order valence-corrected chi connectivity index (χ1v) is 4.38. The van der Waals surface area contributed by atoms with E-state index in [-0.39, 0.29) is 40.1 Å². The Balaban J connectivity index is 0. The zero-order valence-corrected chi connectivity index (χ0v) is 14.1. The van der Waals surface area contributed by atoms with Crippen molar-refractivity contribution < 1.29 is 44.8 Å². The molecule has 0 N–H and O–H groups in total. The van der Waals surface area contributed by atoms with Crippen molar-refractivity contribution in [3.63, 3.8) is 0 Å². The summed E-state index contributed by atoms with van der Waals surface area (Å²) in [7, 11) is 0. The van der Waals surface area contributed by atoms with E-state index >= 15 is 0 Å². The van der Waals surface area contributed by atoms with Crippen LogP contribution in [-0.4, -0.2) is 12.7 Å². The van der Waals surface area contributed by atoms with Crippen molar-refractivity contribution in [2.45, 2.75) is 45.1 Å². The normalized spacial score (nSPS) is 21.2. The molecule has 1 rings (SSSR count). The average Bonchev–Trinajstić information content (AvgIpc) is 2.41. The molecule has 68 valence electrons. The summed E-state index contributed by atoms with van der Waals surface area (Å²) in [6.45, 7) is 3.20. The van der Waals surface area contributed by atoms with E-state index < -0.39 is 0 Å². The molecule has 1 heterocycles. The molecule has 1 nitrogen and oxygen atoms in total. The maximum absolute atomic E-state index is 5.44. The summed E-state index contributed by atoms with van der Waals surface area (Å²) in [6, 6.07) is 0. The predicted molar refractivity (Wildman–Crippen MR) is 42.8 cm³/mol. The van der Waals surface area contributed by atoms with Gasteiger partial charge in [0.2, 0.25) is 0 Å². The quantitative estimate of drug-likeness (QED) is 0.477. The minimum absolute atomic E-state index is 0. The number of rotatable bonds is 4. The van der Waals surface area contributed by atoms with Gasteiger partial charge in [0.15, 0.2) is 0 Å². The van der Waals surface area contributed by atoms with Crippen molar-refractivity contribution in [1.29, 1.82) is 0 Å². The summed E-state index contributed by atoms with van der Waals surface area (Å²) < 4.78 is 5.44.